The molecule has 0 aliphatic carbocycles. The van der Waals surface area contributed by atoms with Gasteiger partial charge in [-0.3, -0.25) is 10.1 Å². The van der Waals surface area contributed by atoms with E-state index in [9.17, 15) is 9.59 Å². The molecule has 14 heavy (non-hydrogen) atoms. The van der Waals surface area contributed by atoms with Gasteiger partial charge in [-0.2, -0.15) is 11.3 Å². The summed E-state index contributed by atoms with van der Waals surface area (Å²) in [6.07, 6.45) is 0. The summed E-state index contributed by atoms with van der Waals surface area (Å²) in [5.74, 6) is -0.722. The number of hydrogen-bond donors (Lipinski definition) is 2. The summed E-state index contributed by atoms with van der Waals surface area (Å²) < 4.78 is 0. The van der Waals surface area contributed by atoms with Gasteiger partial charge in [0.2, 0.25) is 5.91 Å². The van der Waals surface area contributed by atoms with Crippen molar-refractivity contribution in [3.8, 4) is 0 Å². The average Bonchev–Trinajstić information content (AvgIpc) is 2.67. The molecule has 0 unspecified atom stereocenters. The molecule has 0 saturated carbocycles. The van der Waals surface area contributed by atoms with Crippen LogP contribution in [0.1, 0.15) is 5.56 Å². The van der Waals surface area contributed by atoms with Gasteiger partial charge < -0.3 is 5.32 Å². The number of imide groups is 1. The largest absolute Gasteiger partial charge is 0.334 e. The van der Waals surface area contributed by atoms with Gasteiger partial charge in [-0.25, -0.2) is 4.79 Å². The average molecular weight is 233 g/mol. The molecular weight excluding hydrogens is 224 g/mol. The second-order valence-electron chi connectivity index (χ2n) is 2.50. The molecule has 0 radical (unpaired) electrons. The van der Waals surface area contributed by atoms with Gasteiger partial charge in [-0.1, -0.05) is 0 Å². The fourth-order valence-corrected chi connectivity index (χ4v) is 1.52. The molecule has 76 valence electrons. The van der Waals surface area contributed by atoms with E-state index in [1.54, 1.807) is 11.3 Å². The lowest BCUT2D eigenvalue weighted by molar-refractivity contribution is -0.117. The van der Waals surface area contributed by atoms with Gasteiger partial charge in [0.15, 0.2) is 0 Å². The Bertz CT molecular complexity index is 313. The van der Waals surface area contributed by atoms with Gasteiger partial charge in [0.25, 0.3) is 0 Å². The maximum Gasteiger partial charge on any atom is 0.321 e. The lowest BCUT2D eigenvalue weighted by atomic mass is 10.3. The van der Waals surface area contributed by atoms with E-state index in [2.05, 4.69) is 10.6 Å². The van der Waals surface area contributed by atoms with Crippen LogP contribution < -0.4 is 10.6 Å². The van der Waals surface area contributed by atoms with E-state index >= 15 is 0 Å². The third kappa shape index (κ3) is 3.76. The van der Waals surface area contributed by atoms with Gasteiger partial charge in [-0.05, 0) is 22.4 Å². The molecule has 0 fully saturated rings. The van der Waals surface area contributed by atoms with Crippen LogP contribution >= 0.6 is 22.9 Å². The van der Waals surface area contributed by atoms with Gasteiger partial charge in [0, 0.05) is 6.54 Å². The van der Waals surface area contributed by atoms with Crippen LogP contribution in [0, 0.1) is 0 Å². The molecule has 0 aromatic carbocycles. The number of alkyl halides is 1. The molecule has 3 amide bonds. The number of rotatable bonds is 3. The van der Waals surface area contributed by atoms with Crippen LogP contribution in [0.25, 0.3) is 0 Å². The maximum absolute atomic E-state index is 11.0. The monoisotopic (exact) mass is 232 g/mol. The number of nitrogens with one attached hydrogen (secondary N) is 2. The van der Waals surface area contributed by atoms with E-state index in [1.165, 1.54) is 0 Å². The zero-order chi connectivity index (χ0) is 10.4. The minimum atomic E-state index is -0.526. The van der Waals surface area contributed by atoms with Crippen LogP contribution in [0.4, 0.5) is 4.79 Å². The highest BCUT2D eigenvalue weighted by atomic mass is 35.5. The van der Waals surface area contributed by atoms with Crippen LogP contribution in [0.2, 0.25) is 0 Å². The van der Waals surface area contributed by atoms with E-state index in [0.717, 1.165) is 5.56 Å². The van der Waals surface area contributed by atoms with Crippen LogP contribution in [-0.2, 0) is 11.3 Å². The van der Waals surface area contributed by atoms with Crippen molar-refractivity contribution in [2.45, 2.75) is 6.54 Å². The Balaban J connectivity index is 2.25. The Kier molecular flexibility index (Phi) is 4.42. The lowest BCUT2D eigenvalue weighted by Gasteiger charge is -2.03. The van der Waals surface area contributed by atoms with Crippen LogP contribution in [0.5, 0.6) is 0 Å². The highest BCUT2D eigenvalue weighted by molar-refractivity contribution is 7.07. The summed E-state index contributed by atoms with van der Waals surface area (Å²) >= 11 is 6.76. The summed E-state index contributed by atoms with van der Waals surface area (Å²) in [5, 5.41) is 8.44. The van der Waals surface area contributed by atoms with E-state index in [-0.39, 0.29) is 5.88 Å². The van der Waals surface area contributed by atoms with Crippen LogP contribution in [0.3, 0.4) is 0 Å². The summed E-state index contributed by atoms with van der Waals surface area (Å²) in [7, 11) is 0. The molecule has 0 saturated heterocycles. The Morgan fingerprint density at radius 2 is 2.29 bits per heavy atom. The maximum atomic E-state index is 11.0. The van der Waals surface area contributed by atoms with Gasteiger partial charge >= 0.3 is 6.03 Å². The SMILES string of the molecule is O=C(CCl)NC(=O)NCc1ccsc1. The minimum Gasteiger partial charge on any atom is -0.334 e. The molecule has 1 rings (SSSR count). The van der Waals surface area contributed by atoms with Crippen LogP contribution in [-0.4, -0.2) is 17.8 Å². The molecule has 4 nitrogen and oxygen atoms in total. The standard InChI is InChI=1S/C8H9ClN2O2S/c9-3-7(12)11-8(13)10-4-6-1-2-14-5-6/h1-2,5H,3-4H2,(H2,10,11,12,13). The Morgan fingerprint density at radius 3 is 2.86 bits per heavy atom. The summed E-state index contributed by atoms with van der Waals surface area (Å²) in [6, 6.07) is 1.37. The van der Waals surface area contributed by atoms with Crippen molar-refractivity contribution < 1.29 is 9.59 Å². The predicted molar refractivity (Wildman–Crippen MR) is 55.4 cm³/mol. The third-order valence-electron chi connectivity index (χ3n) is 1.41. The fraction of sp³-hybridized carbons (Fsp3) is 0.250. The van der Waals surface area contributed by atoms with Crippen molar-refractivity contribution in [3.05, 3.63) is 22.4 Å². The van der Waals surface area contributed by atoms with Gasteiger partial charge in [-0.15, -0.1) is 11.6 Å². The molecule has 0 aliphatic heterocycles. The second kappa shape index (κ2) is 5.62. The Morgan fingerprint density at radius 1 is 1.50 bits per heavy atom. The van der Waals surface area contributed by atoms with E-state index in [1.807, 2.05) is 16.8 Å². The quantitative estimate of drug-likeness (QED) is 0.773. The predicted octanol–water partition coefficient (Wildman–Crippen LogP) is 1.31. The minimum absolute atomic E-state index is 0.216. The number of carbonyl (C=O) groups is 2. The fourth-order valence-electron chi connectivity index (χ4n) is 0.780. The molecule has 0 aliphatic rings. The highest BCUT2D eigenvalue weighted by Gasteiger charge is 2.04. The third-order valence-corrected chi connectivity index (χ3v) is 2.38. The van der Waals surface area contributed by atoms with Crippen molar-refractivity contribution in [2.75, 3.05) is 5.88 Å². The van der Waals surface area contributed by atoms with E-state index < -0.39 is 11.9 Å². The van der Waals surface area contributed by atoms with Crippen molar-refractivity contribution in [2.24, 2.45) is 0 Å². The molecule has 0 spiro atoms. The first-order valence-electron chi connectivity index (χ1n) is 3.87. The molecule has 0 bridgehead atoms. The number of hydrogen-bond acceptors (Lipinski definition) is 3. The second-order valence-corrected chi connectivity index (χ2v) is 3.54. The van der Waals surface area contributed by atoms with Crippen molar-refractivity contribution >= 4 is 34.9 Å². The molecule has 1 aromatic heterocycles. The Labute approximate surface area is 90.3 Å². The molecular formula is C8H9ClN2O2S. The number of urea groups is 1. The number of amides is 3. The summed E-state index contributed by atoms with van der Waals surface area (Å²) in [4.78, 5) is 21.7. The van der Waals surface area contributed by atoms with E-state index in [4.69, 9.17) is 11.6 Å². The zero-order valence-electron chi connectivity index (χ0n) is 7.25. The van der Waals surface area contributed by atoms with E-state index in [0.29, 0.717) is 6.54 Å². The van der Waals surface area contributed by atoms with Gasteiger partial charge in [0.05, 0.1) is 0 Å². The lowest BCUT2D eigenvalue weighted by Crippen LogP contribution is -2.39. The molecule has 2 N–H and O–H groups in total. The summed E-state index contributed by atoms with van der Waals surface area (Å²) in [6.45, 7) is 0.408. The van der Waals surface area contributed by atoms with Crippen molar-refractivity contribution in [1.82, 2.24) is 10.6 Å². The Hall–Kier alpha value is -1.07. The number of carbonyl (C=O) groups excluding carboxylic acids is 2. The normalized spacial score (nSPS) is 9.50. The number of thiophene rings is 1. The number of halogens is 1. The smallest absolute Gasteiger partial charge is 0.321 e. The molecule has 6 heteroatoms. The van der Waals surface area contributed by atoms with Crippen molar-refractivity contribution in [1.29, 1.82) is 0 Å². The first kappa shape index (κ1) is 11.0. The molecule has 1 aromatic rings. The van der Waals surface area contributed by atoms with Crippen LogP contribution in [0.15, 0.2) is 16.8 Å². The molecule has 1 heterocycles. The zero-order valence-corrected chi connectivity index (χ0v) is 8.82. The first-order chi connectivity index (χ1) is 6.72. The topological polar surface area (TPSA) is 58.2 Å². The highest BCUT2D eigenvalue weighted by Crippen LogP contribution is 2.04. The summed E-state index contributed by atoms with van der Waals surface area (Å²) in [5.41, 5.74) is 1.00. The van der Waals surface area contributed by atoms with Gasteiger partial charge in [0.1, 0.15) is 5.88 Å². The van der Waals surface area contributed by atoms with Crippen molar-refractivity contribution in [3.63, 3.8) is 0 Å². The molecule has 0 atom stereocenters. The first-order valence-corrected chi connectivity index (χ1v) is 5.35.